The third-order valence-corrected chi connectivity index (χ3v) is 6.16. The zero-order chi connectivity index (χ0) is 22.0. The number of amides is 2. The summed E-state index contributed by atoms with van der Waals surface area (Å²) in [6.07, 6.45) is 1.73. The average Bonchev–Trinajstić information content (AvgIpc) is 3.02. The third-order valence-electron chi connectivity index (χ3n) is 4.92. The van der Waals surface area contributed by atoms with Crippen molar-refractivity contribution >= 4 is 46.3 Å². The number of imide groups is 1. The molecule has 3 aromatic carbocycles. The monoisotopic (exact) mass is 449 g/mol. The van der Waals surface area contributed by atoms with E-state index < -0.39 is 0 Å². The second kappa shape index (κ2) is 9.00. The van der Waals surface area contributed by atoms with Gasteiger partial charge in [-0.05, 0) is 67.1 Å². The van der Waals surface area contributed by atoms with Crippen LogP contribution in [0.1, 0.15) is 22.3 Å². The minimum Gasteiger partial charge on any atom is -0.489 e. The Hall–Kier alpha value is -3.02. The van der Waals surface area contributed by atoms with Gasteiger partial charge in [0, 0.05) is 10.6 Å². The zero-order valence-corrected chi connectivity index (χ0v) is 18.7. The van der Waals surface area contributed by atoms with Crippen molar-refractivity contribution in [2.75, 3.05) is 4.90 Å². The molecule has 4 nitrogen and oxygen atoms in total. The smallest absolute Gasteiger partial charge is 0.298 e. The van der Waals surface area contributed by atoms with E-state index in [0.717, 1.165) is 34.0 Å². The highest BCUT2D eigenvalue weighted by molar-refractivity contribution is 8.19. The summed E-state index contributed by atoms with van der Waals surface area (Å²) in [6, 6.07) is 20.6. The van der Waals surface area contributed by atoms with E-state index in [4.69, 9.17) is 16.3 Å². The van der Waals surface area contributed by atoms with E-state index >= 15 is 0 Å². The van der Waals surface area contributed by atoms with E-state index in [0.29, 0.717) is 28.0 Å². The first-order valence-corrected chi connectivity index (χ1v) is 10.9. The van der Waals surface area contributed by atoms with Crippen LogP contribution in [0, 0.1) is 13.8 Å². The molecule has 0 aliphatic carbocycles. The number of thioether (sulfide) groups is 1. The number of rotatable bonds is 5. The number of aryl methyl sites for hydroxylation is 2. The summed E-state index contributed by atoms with van der Waals surface area (Å²) < 4.78 is 5.79. The van der Waals surface area contributed by atoms with Crippen LogP contribution in [0.4, 0.5) is 10.5 Å². The van der Waals surface area contributed by atoms with Crippen LogP contribution in [0.2, 0.25) is 5.02 Å². The van der Waals surface area contributed by atoms with E-state index in [1.165, 1.54) is 4.90 Å². The van der Waals surface area contributed by atoms with E-state index in [9.17, 15) is 9.59 Å². The number of ether oxygens (including phenoxy) is 1. The third kappa shape index (κ3) is 4.68. The molecule has 1 aliphatic heterocycles. The summed E-state index contributed by atoms with van der Waals surface area (Å²) in [5, 5.41) is 0.376. The van der Waals surface area contributed by atoms with Crippen molar-refractivity contribution < 1.29 is 14.3 Å². The lowest BCUT2D eigenvalue weighted by Crippen LogP contribution is -2.28. The maximum absolute atomic E-state index is 12.9. The lowest BCUT2D eigenvalue weighted by atomic mass is 10.1. The summed E-state index contributed by atoms with van der Waals surface area (Å²) in [5.74, 6) is 0.390. The Morgan fingerprint density at radius 1 is 1.00 bits per heavy atom. The Kier molecular flexibility index (Phi) is 6.16. The average molecular weight is 450 g/mol. The van der Waals surface area contributed by atoms with Crippen molar-refractivity contribution in [3.63, 3.8) is 0 Å². The molecule has 3 aromatic rings. The molecule has 0 radical (unpaired) electrons. The van der Waals surface area contributed by atoms with Crippen LogP contribution < -0.4 is 9.64 Å². The van der Waals surface area contributed by atoms with Crippen molar-refractivity contribution in [3.05, 3.63) is 98.9 Å². The van der Waals surface area contributed by atoms with Gasteiger partial charge in [0.2, 0.25) is 0 Å². The van der Waals surface area contributed by atoms with Gasteiger partial charge in [-0.25, -0.2) is 4.90 Å². The number of carbonyl (C=O) groups is 2. The van der Waals surface area contributed by atoms with Crippen molar-refractivity contribution in [1.29, 1.82) is 0 Å². The van der Waals surface area contributed by atoms with E-state index in [1.54, 1.807) is 6.08 Å². The van der Waals surface area contributed by atoms with E-state index in [2.05, 4.69) is 0 Å². The molecule has 156 valence electrons. The van der Waals surface area contributed by atoms with Crippen molar-refractivity contribution in [2.45, 2.75) is 20.5 Å². The van der Waals surface area contributed by atoms with Crippen LogP contribution in [-0.4, -0.2) is 11.1 Å². The summed E-state index contributed by atoms with van der Waals surface area (Å²) in [7, 11) is 0. The second-order valence-corrected chi connectivity index (χ2v) is 8.66. The van der Waals surface area contributed by atoms with Gasteiger partial charge in [-0.15, -0.1) is 0 Å². The Labute approximate surface area is 190 Å². The first-order chi connectivity index (χ1) is 14.9. The van der Waals surface area contributed by atoms with Crippen molar-refractivity contribution in [3.8, 4) is 5.75 Å². The second-order valence-electron chi connectivity index (χ2n) is 7.26. The van der Waals surface area contributed by atoms with Crippen molar-refractivity contribution in [2.24, 2.45) is 0 Å². The Morgan fingerprint density at radius 3 is 2.45 bits per heavy atom. The van der Waals surface area contributed by atoms with Crippen LogP contribution in [-0.2, 0) is 11.4 Å². The normalized spacial score (nSPS) is 15.1. The summed E-state index contributed by atoms with van der Waals surface area (Å²) in [5.41, 5.74) is 4.33. The molecule has 1 aliphatic rings. The molecular weight excluding hydrogens is 430 g/mol. The lowest BCUT2D eigenvalue weighted by molar-refractivity contribution is -0.113. The molecule has 31 heavy (non-hydrogen) atoms. The number of anilines is 1. The number of nitrogens with zero attached hydrogens (tertiary/aromatic N) is 1. The molecule has 1 heterocycles. The number of carbonyl (C=O) groups excluding carboxylic acids is 2. The molecular formula is C25H20ClNO3S. The quantitative estimate of drug-likeness (QED) is 0.403. The maximum Gasteiger partial charge on any atom is 0.298 e. The SMILES string of the molecule is Cc1ccc(N2C(=O)S/C(=C\c3ccc(OCc4ccccc4Cl)cc3)C2=O)c(C)c1. The summed E-state index contributed by atoms with van der Waals surface area (Å²) >= 11 is 7.11. The van der Waals surface area contributed by atoms with Crippen LogP contribution in [0.25, 0.3) is 6.08 Å². The van der Waals surface area contributed by atoms with Gasteiger partial charge in [0.05, 0.1) is 10.6 Å². The highest BCUT2D eigenvalue weighted by Crippen LogP contribution is 2.37. The molecule has 0 N–H and O–H groups in total. The maximum atomic E-state index is 12.9. The minimum atomic E-state index is -0.305. The summed E-state index contributed by atoms with van der Waals surface area (Å²) in [4.78, 5) is 27.1. The minimum absolute atomic E-state index is 0.289. The number of hydrogen-bond donors (Lipinski definition) is 0. The van der Waals surface area contributed by atoms with Gasteiger partial charge in [0.25, 0.3) is 11.1 Å². The standard InChI is InChI=1S/C25H20ClNO3S/c1-16-7-12-22(17(2)13-16)27-24(28)23(31-25(27)29)14-18-8-10-20(11-9-18)30-15-19-5-3-4-6-21(19)26/h3-14H,15H2,1-2H3/b23-14-. The lowest BCUT2D eigenvalue weighted by Gasteiger charge is -2.15. The van der Waals surface area contributed by atoms with Gasteiger partial charge in [0.15, 0.2) is 0 Å². The number of hydrogen-bond acceptors (Lipinski definition) is 4. The molecule has 1 saturated heterocycles. The molecule has 2 amide bonds. The van der Waals surface area contributed by atoms with Crippen LogP contribution in [0.15, 0.2) is 71.6 Å². The predicted octanol–water partition coefficient (Wildman–Crippen LogP) is 6.78. The van der Waals surface area contributed by atoms with E-state index in [1.807, 2.05) is 80.6 Å². The van der Waals surface area contributed by atoms with Gasteiger partial charge in [-0.1, -0.05) is 59.6 Å². The highest BCUT2D eigenvalue weighted by atomic mass is 35.5. The molecule has 0 unspecified atom stereocenters. The van der Waals surface area contributed by atoms with Crippen LogP contribution >= 0.6 is 23.4 Å². The highest BCUT2D eigenvalue weighted by Gasteiger charge is 2.36. The van der Waals surface area contributed by atoms with Crippen LogP contribution in [0.5, 0.6) is 5.75 Å². The predicted molar refractivity (Wildman–Crippen MR) is 127 cm³/mol. The molecule has 0 bridgehead atoms. The fourth-order valence-corrected chi connectivity index (χ4v) is 4.34. The number of benzene rings is 3. The van der Waals surface area contributed by atoms with Gasteiger partial charge < -0.3 is 4.74 Å². The van der Waals surface area contributed by atoms with E-state index in [-0.39, 0.29) is 11.1 Å². The van der Waals surface area contributed by atoms with Crippen LogP contribution in [0.3, 0.4) is 0 Å². The van der Waals surface area contributed by atoms with Gasteiger partial charge in [-0.3, -0.25) is 9.59 Å². The first kappa shape index (κ1) is 21.2. The topological polar surface area (TPSA) is 46.6 Å². The molecule has 0 saturated carbocycles. The van der Waals surface area contributed by atoms with Gasteiger partial charge in [0.1, 0.15) is 12.4 Å². The zero-order valence-electron chi connectivity index (χ0n) is 17.1. The fraction of sp³-hybridized carbons (Fsp3) is 0.120. The largest absolute Gasteiger partial charge is 0.489 e. The molecule has 0 atom stereocenters. The molecule has 4 rings (SSSR count). The van der Waals surface area contributed by atoms with Gasteiger partial charge in [-0.2, -0.15) is 0 Å². The summed E-state index contributed by atoms with van der Waals surface area (Å²) in [6.45, 7) is 4.25. The first-order valence-electron chi connectivity index (χ1n) is 9.74. The Bertz CT molecular complexity index is 1190. The van der Waals surface area contributed by atoms with Crippen molar-refractivity contribution in [1.82, 2.24) is 0 Å². The molecule has 6 heteroatoms. The molecule has 1 fully saturated rings. The van der Waals surface area contributed by atoms with Gasteiger partial charge >= 0.3 is 0 Å². The Morgan fingerprint density at radius 2 is 1.74 bits per heavy atom. The Balaban J connectivity index is 1.48. The molecule has 0 aromatic heterocycles. The number of halogens is 1. The molecule has 0 spiro atoms. The fourth-order valence-electron chi connectivity index (χ4n) is 3.32.